The number of pyridine rings is 8. The molecule has 11 aromatic rings. The van der Waals surface area contributed by atoms with Crippen LogP contribution >= 0.6 is 0 Å². The monoisotopic (exact) mass is 1500 g/mol. The second-order valence-corrected chi connectivity index (χ2v) is 27.5. The van der Waals surface area contributed by atoms with Crippen LogP contribution in [0.2, 0.25) is 0 Å². The summed E-state index contributed by atoms with van der Waals surface area (Å²) in [7, 11) is 5.00. The summed E-state index contributed by atoms with van der Waals surface area (Å²) in [6.07, 6.45) is 16.5. The van der Waals surface area contributed by atoms with Gasteiger partial charge in [0.15, 0.2) is 0 Å². The minimum Gasteiger partial charge on any atom is -0.507 e. The van der Waals surface area contributed by atoms with Crippen molar-refractivity contribution >= 4 is 35.3 Å². The van der Waals surface area contributed by atoms with Gasteiger partial charge in [0.2, 0.25) is 17.7 Å². The molecule has 0 aliphatic rings. The number of aromatic hydroxyl groups is 2. The number of methoxy groups -OCH3 is 1. The maximum absolute atomic E-state index is 15.2. The molecular formula is C87H93N17O8. The molecule has 0 bridgehead atoms. The molecule has 25 nitrogen and oxygen atoms in total. The summed E-state index contributed by atoms with van der Waals surface area (Å²) in [6.45, 7) is 4.23. The third-order valence-corrected chi connectivity index (χ3v) is 18.2. The maximum atomic E-state index is 15.2. The number of nitrogens with zero attached hydrogens (tertiary/aromatic N) is 13. The van der Waals surface area contributed by atoms with Crippen LogP contribution in [0.1, 0.15) is 95.7 Å². The Labute approximate surface area is 652 Å². The van der Waals surface area contributed by atoms with Gasteiger partial charge in [-0.25, -0.2) is 4.79 Å². The van der Waals surface area contributed by atoms with E-state index in [9.17, 15) is 29.4 Å². The molecule has 3 aromatic carbocycles. The third kappa shape index (κ3) is 25.7. The summed E-state index contributed by atoms with van der Waals surface area (Å²) in [5.41, 5.74) is 10.1. The van der Waals surface area contributed by atoms with Gasteiger partial charge in [0.25, 0.3) is 5.91 Å². The number of amides is 4. The summed E-state index contributed by atoms with van der Waals surface area (Å²) < 4.78 is 5.38. The molecule has 0 aliphatic carbocycles. The molecule has 0 fully saturated rings. The smallest absolute Gasteiger partial charge is 0.328 e. The lowest BCUT2D eigenvalue weighted by atomic mass is 9.97. The van der Waals surface area contributed by atoms with Crippen molar-refractivity contribution in [2.45, 2.75) is 110 Å². The highest BCUT2D eigenvalue weighted by Gasteiger charge is 2.29. The summed E-state index contributed by atoms with van der Waals surface area (Å²) in [5, 5.41) is 36.9. The molecule has 574 valence electrons. The van der Waals surface area contributed by atoms with Crippen LogP contribution in [0, 0.1) is 0 Å². The van der Waals surface area contributed by atoms with E-state index >= 15 is 4.79 Å². The number of aromatic nitrogens is 8. The van der Waals surface area contributed by atoms with Crippen molar-refractivity contribution in [3.05, 3.63) is 340 Å². The number of rotatable bonds is 40. The SMILES string of the molecule is COC(=O)[C@H](Cc1cc(CN(Cc2ccccn2)Cc2ccccn2)c(O)c(CN(Cc2ccccn2)Cc2ccccn2)c1)NC(=O)CCNC(=O)[C@H](Cc1cc(CN(Cc2ccccn2)Cc2ccccn2)c(O)c(CN(Cc2ccccn2)Cc2ccccn2)c1)NC(=O)c1cccc(NC(=O)/C=C/CN(C)C)c1. The van der Waals surface area contributed by atoms with E-state index in [-0.39, 0.29) is 69.0 Å². The number of likely N-dealkylation sites (N-methyl/N-ethyl adjacent to an activating group) is 1. The van der Waals surface area contributed by atoms with E-state index in [2.05, 4.69) is 80.7 Å². The van der Waals surface area contributed by atoms with Gasteiger partial charge in [0.05, 0.1) is 52.7 Å². The molecule has 8 heterocycles. The Morgan fingerprint density at radius 3 is 1.07 bits per heavy atom. The van der Waals surface area contributed by atoms with E-state index < -0.39 is 41.7 Å². The first-order valence-corrected chi connectivity index (χ1v) is 37.0. The second kappa shape index (κ2) is 41.8. The third-order valence-electron chi connectivity index (χ3n) is 18.2. The Hall–Kier alpha value is -12.7. The van der Waals surface area contributed by atoms with Gasteiger partial charge < -0.3 is 41.1 Å². The lowest BCUT2D eigenvalue weighted by molar-refractivity contribution is -0.145. The number of benzene rings is 3. The van der Waals surface area contributed by atoms with Gasteiger partial charge >= 0.3 is 5.97 Å². The fourth-order valence-corrected chi connectivity index (χ4v) is 13.0. The fraction of sp³-hybridized carbons (Fsp3) is 0.253. The number of hydrogen-bond acceptors (Lipinski definition) is 21. The van der Waals surface area contributed by atoms with Crippen molar-refractivity contribution in [1.82, 2.24) is 80.3 Å². The van der Waals surface area contributed by atoms with E-state index in [0.717, 1.165) is 45.6 Å². The Morgan fingerprint density at radius 1 is 0.420 bits per heavy atom. The molecule has 6 N–H and O–H groups in total. The number of carbonyl (C=O) groups is 5. The van der Waals surface area contributed by atoms with Crippen LogP contribution in [-0.4, -0.2) is 151 Å². The number of anilines is 1. The molecule has 0 unspecified atom stereocenters. The first-order chi connectivity index (χ1) is 54.6. The summed E-state index contributed by atoms with van der Waals surface area (Å²) in [6, 6.07) is 56.7. The first-order valence-electron chi connectivity index (χ1n) is 37.0. The average Bonchev–Trinajstić information content (AvgIpc) is 0.813. The number of esters is 1. The van der Waals surface area contributed by atoms with Crippen molar-refractivity contribution in [1.29, 1.82) is 0 Å². The number of phenols is 2. The van der Waals surface area contributed by atoms with E-state index in [4.69, 9.17) is 4.74 Å². The number of phenolic OH excluding ortho intramolecular Hbond substituents is 2. The van der Waals surface area contributed by atoms with Crippen LogP contribution in [-0.2, 0) is 115 Å². The summed E-state index contributed by atoms with van der Waals surface area (Å²) in [5.74, 6) is -2.98. The molecule has 2 atom stereocenters. The predicted octanol–water partition coefficient (Wildman–Crippen LogP) is 9.87. The predicted molar refractivity (Wildman–Crippen MR) is 425 cm³/mol. The van der Waals surface area contributed by atoms with E-state index in [1.165, 1.54) is 19.3 Å². The summed E-state index contributed by atoms with van der Waals surface area (Å²) >= 11 is 0. The topological polar surface area (TPSA) is 302 Å². The van der Waals surface area contributed by atoms with Crippen LogP contribution in [0.5, 0.6) is 11.5 Å². The number of carbonyl (C=O) groups excluding carboxylic acids is 5. The molecule has 11 rings (SSSR count). The molecule has 8 aromatic heterocycles. The molecule has 0 spiro atoms. The van der Waals surface area contributed by atoms with Crippen molar-refractivity contribution in [2.24, 2.45) is 0 Å². The van der Waals surface area contributed by atoms with Crippen LogP contribution in [0.25, 0.3) is 0 Å². The molecule has 112 heavy (non-hydrogen) atoms. The van der Waals surface area contributed by atoms with Crippen molar-refractivity contribution in [3.63, 3.8) is 0 Å². The van der Waals surface area contributed by atoms with Gasteiger partial charge in [-0.3, -0.25) is 78.6 Å². The Kier molecular flexibility index (Phi) is 30.0. The standard InChI is InChI=1S/C87H93N17O8/c1-100(2)43-21-32-81(105)97-70-31-20-22-65(50-70)85(109)99-79(48-63-44-66(51-101(55-71-23-4-12-34-88-71)56-72-24-5-13-35-89-72)83(107)67(45-63)52-102(57-73-25-6-14-36-90-73)58-74-26-7-15-37-91-74)86(110)96-42-33-82(106)98-80(87(111)112-3)49-64-46-68(53-103(59-75-27-8-16-38-92-75)60-76-28-9-17-39-93-76)84(108)69(47-64)54-104(61-77-29-10-18-40-94-77)62-78-30-11-19-41-95-78/h4-32,34-41,44-47,50,79-80,107-108H,33,42-43,48-49,51-62H2,1-3H3,(H,96,110)(H,97,105)(H,98,106)(H,99,109)/b32-21+/t79-,80-/m0/s1. The van der Waals surface area contributed by atoms with Crippen LogP contribution in [0.4, 0.5) is 5.69 Å². The Morgan fingerprint density at radius 2 is 0.759 bits per heavy atom. The minimum atomic E-state index is -1.32. The lowest BCUT2D eigenvalue weighted by Crippen LogP contribution is -2.49. The molecule has 0 radical (unpaired) electrons. The van der Waals surface area contributed by atoms with Crippen LogP contribution in [0.3, 0.4) is 0 Å². The van der Waals surface area contributed by atoms with Crippen molar-refractivity contribution in [3.8, 4) is 11.5 Å². The van der Waals surface area contributed by atoms with E-state index in [1.54, 1.807) is 73.8 Å². The zero-order chi connectivity index (χ0) is 78.2. The van der Waals surface area contributed by atoms with E-state index in [1.807, 2.05) is 189 Å². The molecule has 0 aliphatic heterocycles. The second-order valence-electron chi connectivity index (χ2n) is 27.5. The van der Waals surface area contributed by atoms with Crippen molar-refractivity contribution < 1.29 is 38.9 Å². The molecular weight excluding hydrogens is 1410 g/mol. The largest absolute Gasteiger partial charge is 0.507 e. The quantitative estimate of drug-likeness (QED) is 0.0154. The molecule has 0 saturated carbocycles. The molecule has 4 amide bonds. The van der Waals surface area contributed by atoms with Gasteiger partial charge in [-0.05, 0) is 140 Å². The normalized spacial score (nSPS) is 12.0. The highest BCUT2D eigenvalue weighted by molar-refractivity contribution is 6.02. The Bertz CT molecular complexity index is 4450. The molecule has 25 heteroatoms. The number of nitrogens with one attached hydrogen (secondary N) is 4. The average molecular weight is 1500 g/mol. The van der Waals surface area contributed by atoms with E-state index in [0.29, 0.717) is 98.0 Å². The van der Waals surface area contributed by atoms with Gasteiger partial charge in [-0.2, -0.15) is 0 Å². The number of ether oxygens (including phenoxy) is 1. The van der Waals surface area contributed by atoms with Gasteiger partial charge in [0, 0.05) is 200 Å². The maximum Gasteiger partial charge on any atom is 0.328 e. The fourth-order valence-electron chi connectivity index (χ4n) is 13.0. The minimum absolute atomic E-state index is 0.0190. The van der Waals surface area contributed by atoms with Gasteiger partial charge in [0.1, 0.15) is 23.6 Å². The molecule has 0 saturated heterocycles. The van der Waals surface area contributed by atoms with Gasteiger partial charge in [-0.15, -0.1) is 0 Å². The van der Waals surface area contributed by atoms with Crippen LogP contribution in [0.15, 0.2) is 256 Å². The van der Waals surface area contributed by atoms with Crippen LogP contribution < -0.4 is 21.3 Å². The highest BCUT2D eigenvalue weighted by Crippen LogP contribution is 2.33. The summed E-state index contributed by atoms with van der Waals surface area (Å²) in [4.78, 5) is 119. The zero-order valence-electron chi connectivity index (χ0n) is 63.1. The lowest BCUT2D eigenvalue weighted by Gasteiger charge is -2.26. The van der Waals surface area contributed by atoms with Crippen molar-refractivity contribution in [2.75, 3.05) is 39.6 Å². The zero-order valence-corrected chi connectivity index (χ0v) is 63.1. The number of hydrogen-bond donors (Lipinski definition) is 6. The Balaban J connectivity index is 0.892. The first kappa shape index (κ1) is 80.4. The highest BCUT2D eigenvalue weighted by atomic mass is 16.5. The van der Waals surface area contributed by atoms with Gasteiger partial charge in [-0.1, -0.05) is 84.9 Å².